The zero-order chi connectivity index (χ0) is 17.6. The number of nitrogens with zero attached hydrogens (tertiary/aromatic N) is 1. The summed E-state index contributed by atoms with van der Waals surface area (Å²) in [6.45, 7) is 0.852. The minimum Gasteiger partial charge on any atom is -0.497 e. The Hall–Kier alpha value is -1.60. The fourth-order valence-electron chi connectivity index (χ4n) is 2.85. The summed E-state index contributed by atoms with van der Waals surface area (Å²) in [4.78, 5) is 13.8. The Morgan fingerprint density at radius 3 is 2.62 bits per heavy atom. The van der Waals surface area contributed by atoms with Crippen LogP contribution in [0.2, 0.25) is 0 Å². The average molecular weight is 354 g/mol. The van der Waals surface area contributed by atoms with Crippen molar-refractivity contribution in [2.75, 3.05) is 38.8 Å². The molecule has 1 heterocycles. The first-order chi connectivity index (χ1) is 11.4. The van der Waals surface area contributed by atoms with E-state index in [2.05, 4.69) is 5.32 Å². The molecule has 7 heteroatoms. The Morgan fingerprint density at radius 1 is 1.33 bits per heavy atom. The number of carbonyl (C=O) groups is 1. The van der Waals surface area contributed by atoms with Gasteiger partial charge in [0.1, 0.15) is 5.75 Å². The van der Waals surface area contributed by atoms with Crippen LogP contribution in [-0.2, 0) is 21.1 Å². The van der Waals surface area contributed by atoms with Gasteiger partial charge in [0, 0.05) is 12.6 Å². The molecule has 24 heavy (non-hydrogen) atoms. The number of rotatable bonds is 8. The van der Waals surface area contributed by atoms with Crippen LogP contribution in [0.15, 0.2) is 24.3 Å². The number of nitrogens with one attached hydrogen (secondary N) is 1. The highest BCUT2D eigenvalue weighted by Gasteiger charge is 2.31. The summed E-state index contributed by atoms with van der Waals surface area (Å²) in [5, 5.41) is 2.90. The van der Waals surface area contributed by atoms with Gasteiger partial charge in [-0.15, -0.1) is 0 Å². The lowest BCUT2D eigenvalue weighted by atomic mass is 10.1. The number of hydrogen-bond donors (Lipinski definition) is 1. The third-order valence-electron chi connectivity index (χ3n) is 4.35. The number of sulfone groups is 1. The first-order valence-corrected chi connectivity index (χ1v) is 10.0. The molecule has 6 nitrogen and oxygen atoms in total. The molecule has 1 saturated heterocycles. The average Bonchev–Trinajstić information content (AvgIpc) is 2.92. The van der Waals surface area contributed by atoms with Crippen LogP contribution in [0.25, 0.3) is 0 Å². The second-order valence-electron chi connectivity index (χ2n) is 6.27. The van der Waals surface area contributed by atoms with E-state index in [0.29, 0.717) is 13.0 Å². The predicted octanol–water partition coefficient (Wildman–Crippen LogP) is 0.863. The number of benzene rings is 1. The van der Waals surface area contributed by atoms with Crippen molar-refractivity contribution in [1.82, 2.24) is 10.2 Å². The van der Waals surface area contributed by atoms with Crippen molar-refractivity contribution in [3.05, 3.63) is 29.8 Å². The molecule has 1 amide bonds. The van der Waals surface area contributed by atoms with Gasteiger partial charge < -0.3 is 10.1 Å². The third kappa shape index (κ3) is 5.79. The highest BCUT2D eigenvalue weighted by molar-refractivity contribution is 7.91. The van der Waals surface area contributed by atoms with Gasteiger partial charge in [0.25, 0.3) is 0 Å². The van der Waals surface area contributed by atoms with Crippen LogP contribution in [0.4, 0.5) is 0 Å². The monoisotopic (exact) mass is 354 g/mol. The molecule has 0 bridgehead atoms. The van der Waals surface area contributed by atoms with Gasteiger partial charge in [-0.1, -0.05) is 12.1 Å². The summed E-state index contributed by atoms with van der Waals surface area (Å²) in [5.74, 6) is 1.17. The summed E-state index contributed by atoms with van der Waals surface area (Å²) in [6, 6.07) is 7.86. The van der Waals surface area contributed by atoms with E-state index in [9.17, 15) is 13.2 Å². The van der Waals surface area contributed by atoms with Crippen LogP contribution in [0, 0.1) is 0 Å². The molecule has 0 saturated carbocycles. The first kappa shape index (κ1) is 18.7. The lowest BCUT2D eigenvalue weighted by Crippen LogP contribution is -2.41. The van der Waals surface area contributed by atoms with E-state index < -0.39 is 9.84 Å². The summed E-state index contributed by atoms with van der Waals surface area (Å²) in [6.07, 6.45) is 2.37. The largest absolute Gasteiger partial charge is 0.497 e. The topological polar surface area (TPSA) is 75.7 Å². The Balaban J connectivity index is 1.64. The van der Waals surface area contributed by atoms with Crippen molar-refractivity contribution >= 4 is 15.7 Å². The van der Waals surface area contributed by atoms with Gasteiger partial charge in [-0.2, -0.15) is 0 Å². The smallest absolute Gasteiger partial charge is 0.234 e. The zero-order valence-corrected chi connectivity index (χ0v) is 15.1. The fraction of sp³-hybridized carbons (Fsp3) is 0.588. The van der Waals surface area contributed by atoms with E-state index in [4.69, 9.17) is 4.74 Å². The van der Waals surface area contributed by atoms with E-state index >= 15 is 0 Å². The van der Waals surface area contributed by atoms with Gasteiger partial charge in [-0.3, -0.25) is 9.69 Å². The molecule has 0 aliphatic carbocycles. The molecule has 1 fully saturated rings. The molecule has 1 unspecified atom stereocenters. The maximum Gasteiger partial charge on any atom is 0.234 e. The van der Waals surface area contributed by atoms with Crippen LogP contribution in [-0.4, -0.2) is 64.0 Å². The first-order valence-electron chi connectivity index (χ1n) is 8.20. The van der Waals surface area contributed by atoms with Crippen molar-refractivity contribution in [2.45, 2.75) is 25.3 Å². The van der Waals surface area contributed by atoms with E-state index in [1.165, 1.54) is 5.56 Å². The summed E-state index contributed by atoms with van der Waals surface area (Å²) in [7, 11) is 0.534. The molecule has 1 aliphatic heterocycles. The zero-order valence-electron chi connectivity index (χ0n) is 14.3. The van der Waals surface area contributed by atoms with Gasteiger partial charge >= 0.3 is 0 Å². The van der Waals surface area contributed by atoms with E-state index in [1.54, 1.807) is 7.11 Å². The minimum absolute atomic E-state index is 0.0416. The van der Waals surface area contributed by atoms with Gasteiger partial charge in [0.05, 0.1) is 25.2 Å². The Morgan fingerprint density at radius 2 is 2.04 bits per heavy atom. The number of hydrogen-bond acceptors (Lipinski definition) is 5. The van der Waals surface area contributed by atoms with Gasteiger partial charge in [-0.05, 0) is 44.0 Å². The Bertz CT molecular complexity index is 643. The number of amides is 1. The molecular formula is C17H26N2O4S. The van der Waals surface area contributed by atoms with Crippen LogP contribution >= 0.6 is 0 Å². The highest BCUT2D eigenvalue weighted by Crippen LogP contribution is 2.16. The van der Waals surface area contributed by atoms with Crippen molar-refractivity contribution < 1.29 is 17.9 Å². The normalized spacial score (nSPS) is 19.4. The molecule has 2 rings (SSSR count). The molecule has 1 atom stereocenters. The van der Waals surface area contributed by atoms with Crippen LogP contribution in [0.5, 0.6) is 5.75 Å². The number of aryl methyl sites for hydroxylation is 1. The number of methoxy groups -OCH3 is 1. The third-order valence-corrected chi connectivity index (χ3v) is 6.10. The van der Waals surface area contributed by atoms with Crippen LogP contribution in [0.1, 0.15) is 18.4 Å². The summed E-state index contributed by atoms with van der Waals surface area (Å²) in [5.41, 5.74) is 1.21. The van der Waals surface area contributed by atoms with Gasteiger partial charge in [0.2, 0.25) is 5.91 Å². The number of carbonyl (C=O) groups excluding carboxylic acids is 1. The standard InChI is InChI=1S/C17H26N2O4S/c1-19(15-9-11-24(21,22)13-15)12-17(20)18-10-3-4-14-5-7-16(23-2)8-6-14/h5-8,15H,3-4,9-13H2,1-2H3,(H,18,20). The molecule has 0 radical (unpaired) electrons. The molecule has 0 aromatic heterocycles. The summed E-state index contributed by atoms with van der Waals surface area (Å²) < 4.78 is 28.1. The van der Waals surface area contributed by atoms with Crippen molar-refractivity contribution in [2.24, 2.45) is 0 Å². The maximum atomic E-state index is 11.9. The highest BCUT2D eigenvalue weighted by atomic mass is 32.2. The van der Waals surface area contributed by atoms with E-state index in [-0.39, 0.29) is 30.0 Å². The van der Waals surface area contributed by atoms with Crippen LogP contribution in [0.3, 0.4) is 0 Å². The second-order valence-corrected chi connectivity index (χ2v) is 8.50. The van der Waals surface area contributed by atoms with Gasteiger partial charge in [0.15, 0.2) is 9.84 Å². The quantitative estimate of drug-likeness (QED) is 0.701. The van der Waals surface area contributed by atoms with Crippen molar-refractivity contribution in [1.29, 1.82) is 0 Å². The molecule has 1 aromatic carbocycles. The SMILES string of the molecule is COc1ccc(CCCNC(=O)CN(C)C2CCS(=O)(=O)C2)cc1. The van der Waals surface area contributed by atoms with Crippen molar-refractivity contribution in [3.63, 3.8) is 0 Å². The lowest BCUT2D eigenvalue weighted by molar-refractivity contribution is -0.122. The fourth-order valence-corrected chi connectivity index (χ4v) is 4.65. The van der Waals surface area contributed by atoms with Crippen molar-refractivity contribution in [3.8, 4) is 5.75 Å². The number of ether oxygens (including phenoxy) is 1. The van der Waals surface area contributed by atoms with E-state index in [1.807, 2.05) is 36.2 Å². The molecular weight excluding hydrogens is 328 g/mol. The molecule has 0 spiro atoms. The van der Waals surface area contributed by atoms with E-state index in [0.717, 1.165) is 18.6 Å². The maximum absolute atomic E-state index is 11.9. The summed E-state index contributed by atoms with van der Waals surface area (Å²) >= 11 is 0. The molecule has 1 aromatic rings. The predicted molar refractivity (Wildman–Crippen MR) is 94.0 cm³/mol. The molecule has 1 N–H and O–H groups in total. The Kier molecular flexibility index (Phi) is 6.62. The van der Waals surface area contributed by atoms with Crippen LogP contribution < -0.4 is 10.1 Å². The second kappa shape index (κ2) is 8.48. The Labute approximate surface area is 144 Å². The molecule has 134 valence electrons. The van der Waals surface area contributed by atoms with Gasteiger partial charge in [-0.25, -0.2) is 8.42 Å². The molecule has 1 aliphatic rings. The number of likely N-dealkylation sites (N-methyl/N-ethyl adjacent to an activating group) is 1. The minimum atomic E-state index is -2.92. The lowest BCUT2D eigenvalue weighted by Gasteiger charge is -2.22.